The molecular weight excluding hydrogens is 512 g/mol. The second kappa shape index (κ2) is 12.0. The van der Waals surface area contributed by atoms with E-state index in [4.69, 9.17) is 4.74 Å². The Kier molecular flexibility index (Phi) is 8.29. The molecule has 212 valence electrons. The molecule has 0 saturated carbocycles. The van der Waals surface area contributed by atoms with E-state index in [0.29, 0.717) is 29.2 Å². The van der Waals surface area contributed by atoms with Gasteiger partial charge in [0.05, 0.1) is 11.9 Å². The number of ether oxygens (including phenoxy) is 1. The summed E-state index contributed by atoms with van der Waals surface area (Å²) in [5.41, 5.74) is 2.15. The number of imide groups is 2. The van der Waals surface area contributed by atoms with Crippen molar-refractivity contribution in [2.45, 2.75) is 44.8 Å². The first-order valence-corrected chi connectivity index (χ1v) is 13.8. The lowest BCUT2D eigenvalue weighted by atomic mass is 9.97. The van der Waals surface area contributed by atoms with Gasteiger partial charge in [0.25, 0.3) is 5.91 Å². The molecule has 1 unspecified atom stereocenters. The van der Waals surface area contributed by atoms with Crippen molar-refractivity contribution in [2.75, 3.05) is 50.0 Å². The van der Waals surface area contributed by atoms with Gasteiger partial charge < -0.3 is 19.9 Å². The number of anilines is 2. The summed E-state index contributed by atoms with van der Waals surface area (Å²) in [5, 5.41) is 5.24. The summed E-state index contributed by atoms with van der Waals surface area (Å²) in [5.74, 6) is 0.607. The number of aryl methyl sites for hydroxylation is 1. The van der Waals surface area contributed by atoms with E-state index in [1.165, 1.54) is 5.69 Å². The highest BCUT2D eigenvalue weighted by atomic mass is 16.5. The highest BCUT2D eigenvalue weighted by Crippen LogP contribution is 2.28. The molecule has 4 amide bonds. The summed E-state index contributed by atoms with van der Waals surface area (Å²) in [6.07, 6.45) is 4.45. The zero-order valence-corrected chi connectivity index (χ0v) is 23.0. The molecular formula is C29H36N6O5. The number of pyridine rings is 1. The molecule has 0 bridgehead atoms. The van der Waals surface area contributed by atoms with E-state index in [-0.39, 0.29) is 18.9 Å². The number of nitrogens with zero attached hydrogens (tertiary/aromatic N) is 4. The third-order valence-electron chi connectivity index (χ3n) is 8.00. The largest absolute Gasteiger partial charge is 0.490 e. The Morgan fingerprint density at radius 2 is 1.95 bits per heavy atom. The molecule has 0 spiro atoms. The highest BCUT2D eigenvalue weighted by molar-refractivity contribution is 6.07. The van der Waals surface area contributed by atoms with E-state index >= 15 is 0 Å². The molecule has 3 saturated heterocycles. The summed E-state index contributed by atoms with van der Waals surface area (Å²) in [6.45, 7) is 6.92. The molecule has 40 heavy (non-hydrogen) atoms. The van der Waals surface area contributed by atoms with E-state index < -0.39 is 23.8 Å². The molecule has 0 radical (unpaired) electrons. The van der Waals surface area contributed by atoms with Crippen molar-refractivity contribution in [3.05, 3.63) is 47.7 Å². The Labute approximate surface area is 233 Å². The third kappa shape index (κ3) is 6.09. The summed E-state index contributed by atoms with van der Waals surface area (Å²) in [7, 11) is 1.87. The molecule has 3 fully saturated rings. The number of hydrogen-bond acceptors (Lipinski definition) is 9. The van der Waals surface area contributed by atoms with Crippen molar-refractivity contribution >= 4 is 35.6 Å². The molecule has 0 aliphatic carbocycles. The van der Waals surface area contributed by atoms with Crippen molar-refractivity contribution in [1.82, 2.24) is 20.1 Å². The van der Waals surface area contributed by atoms with Gasteiger partial charge in [-0.15, -0.1) is 0 Å². The maximum Gasteiger partial charge on any atom is 0.261 e. The molecule has 3 aliphatic heterocycles. The normalized spacial score (nSPS) is 20.4. The van der Waals surface area contributed by atoms with Gasteiger partial charge in [-0.1, -0.05) is 0 Å². The fourth-order valence-electron chi connectivity index (χ4n) is 5.68. The SMILES string of the molecule is CNc1ccc(N2CC(CN3CCC(Oc4ccc(C(=O)N(C=O)C5CCC(=O)NC5=O)c(C)c4)CC3)C2)cn1. The Balaban J connectivity index is 1.08. The number of amides is 4. The van der Waals surface area contributed by atoms with Gasteiger partial charge in [0.1, 0.15) is 23.7 Å². The minimum atomic E-state index is -0.992. The Morgan fingerprint density at radius 3 is 2.58 bits per heavy atom. The zero-order valence-electron chi connectivity index (χ0n) is 23.0. The number of aromatic nitrogens is 1. The number of nitrogens with one attached hydrogen (secondary N) is 2. The lowest BCUT2D eigenvalue weighted by molar-refractivity contribution is -0.139. The Morgan fingerprint density at radius 1 is 1.18 bits per heavy atom. The van der Waals surface area contributed by atoms with Crippen LogP contribution in [-0.2, 0) is 14.4 Å². The van der Waals surface area contributed by atoms with Crippen LogP contribution in [0, 0.1) is 12.8 Å². The topological polar surface area (TPSA) is 124 Å². The molecule has 11 heteroatoms. The van der Waals surface area contributed by atoms with Crippen LogP contribution in [-0.4, -0.2) is 90.8 Å². The van der Waals surface area contributed by atoms with Crippen molar-refractivity contribution in [3.8, 4) is 5.75 Å². The van der Waals surface area contributed by atoms with Crippen molar-refractivity contribution in [3.63, 3.8) is 0 Å². The predicted octanol–water partition coefficient (Wildman–Crippen LogP) is 1.82. The van der Waals surface area contributed by atoms with Gasteiger partial charge in [0, 0.05) is 57.7 Å². The van der Waals surface area contributed by atoms with Crippen LogP contribution in [0.3, 0.4) is 0 Å². The van der Waals surface area contributed by atoms with E-state index in [1.807, 2.05) is 19.3 Å². The van der Waals surface area contributed by atoms with E-state index in [9.17, 15) is 19.2 Å². The molecule has 11 nitrogen and oxygen atoms in total. The van der Waals surface area contributed by atoms with Gasteiger partial charge in [0.15, 0.2) is 0 Å². The summed E-state index contributed by atoms with van der Waals surface area (Å²) in [6, 6.07) is 8.29. The van der Waals surface area contributed by atoms with Crippen molar-refractivity contribution < 1.29 is 23.9 Å². The van der Waals surface area contributed by atoms with Crippen molar-refractivity contribution in [1.29, 1.82) is 0 Å². The van der Waals surface area contributed by atoms with Gasteiger partial charge in [-0.05, 0) is 62.1 Å². The first-order valence-electron chi connectivity index (χ1n) is 13.8. The van der Waals surface area contributed by atoms with E-state index in [1.54, 1.807) is 25.1 Å². The average molecular weight is 549 g/mol. The lowest BCUT2D eigenvalue weighted by Gasteiger charge is -2.44. The van der Waals surface area contributed by atoms with E-state index in [2.05, 4.69) is 31.5 Å². The molecule has 1 aromatic heterocycles. The van der Waals surface area contributed by atoms with Gasteiger partial charge in [-0.2, -0.15) is 0 Å². The second-order valence-electron chi connectivity index (χ2n) is 10.8. The van der Waals surface area contributed by atoms with Crippen LogP contribution >= 0.6 is 0 Å². The fraction of sp³-hybridized carbons (Fsp3) is 0.483. The van der Waals surface area contributed by atoms with Crippen LogP contribution in [0.2, 0.25) is 0 Å². The number of benzene rings is 1. The third-order valence-corrected chi connectivity index (χ3v) is 8.00. The number of likely N-dealkylation sites (tertiary alicyclic amines) is 1. The maximum atomic E-state index is 13.1. The van der Waals surface area contributed by atoms with Crippen LogP contribution in [0.15, 0.2) is 36.5 Å². The number of piperidine rings is 2. The standard InChI is InChI=1S/C29H36N6O5/c1-19-13-23(4-5-24(19)29(39)35(18-36)25-6-8-27(37)32-28(25)38)40-22-9-11-33(12-10-22)15-20-16-34(17-20)21-3-7-26(30-2)31-14-21/h3-5,7,13-14,18,20,22,25H,6,8-12,15-17H2,1-2H3,(H,30,31)(H,32,37,38). The smallest absolute Gasteiger partial charge is 0.261 e. The first kappa shape index (κ1) is 27.6. The molecule has 2 N–H and O–H groups in total. The molecule has 3 aliphatic rings. The summed E-state index contributed by atoms with van der Waals surface area (Å²) in [4.78, 5) is 58.6. The molecule has 2 aromatic rings. The van der Waals surface area contributed by atoms with Gasteiger partial charge in [-0.25, -0.2) is 4.98 Å². The van der Waals surface area contributed by atoms with Gasteiger partial charge >= 0.3 is 0 Å². The number of carbonyl (C=O) groups is 4. The molecule has 4 heterocycles. The van der Waals surface area contributed by atoms with Gasteiger partial charge in [0.2, 0.25) is 18.2 Å². The number of carbonyl (C=O) groups excluding carboxylic acids is 4. The summed E-state index contributed by atoms with van der Waals surface area (Å²) >= 11 is 0. The molecule has 1 atom stereocenters. The highest BCUT2D eigenvalue weighted by Gasteiger charge is 2.35. The predicted molar refractivity (Wildman–Crippen MR) is 149 cm³/mol. The Hall–Kier alpha value is -3.99. The lowest BCUT2D eigenvalue weighted by Crippen LogP contribution is -2.53. The quantitative estimate of drug-likeness (QED) is 0.357. The van der Waals surface area contributed by atoms with E-state index in [0.717, 1.165) is 56.3 Å². The van der Waals surface area contributed by atoms with Crippen LogP contribution in [0.5, 0.6) is 5.75 Å². The van der Waals surface area contributed by atoms with Crippen LogP contribution < -0.4 is 20.3 Å². The monoisotopic (exact) mass is 548 g/mol. The van der Waals surface area contributed by atoms with Crippen LogP contribution in [0.25, 0.3) is 0 Å². The zero-order chi connectivity index (χ0) is 28.2. The second-order valence-corrected chi connectivity index (χ2v) is 10.8. The maximum absolute atomic E-state index is 13.1. The fourth-order valence-corrected chi connectivity index (χ4v) is 5.68. The molecule has 1 aromatic carbocycles. The van der Waals surface area contributed by atoms with Crippen LogP contribution in [0.1, 0.15) is 41.6 Å². The number of rotatable bonds is 9. The minimum Gasteiger partial charge on any atom is -0.490 e. The minimum absolute atomic E-state index is 0.0843. The summed E-state index contributed by atoms with van der Waals surface area (Å²) < 4.78 is 6.25. The Bertz CT molecular complexity index is 1250. The molecule has 5 rings (SSSR count). The number of hydrogen-bond donors (Lipinski definition) is 2. The van der Waals surface area contributed by atoms with Crippen LogP contribution in [0.4, 0.5) is 11.5 Å². The van der Waals surface area contributed by atoms with Gasteiger partial charge in [-0.3, -0.25) is 29.4 Å². The van der Waals surface area contributed by atoms with Crippen molar-refractivity contribution in [2.24, 2.45) is 5.92 Å². The first-order chi connectivity index (χ1) is 19.3. The average Bonchev–Trinajstić information content (AvgIpc) is 2.93.